The number of rotatable bonds is 6. The van der Waals surface area contributed by atoms with Crippen LogP contribution in [0, 0.1) is 5.82 Å². The first-order valence-corrected chi connectivity index (χ1v) is 9.43. The van der Waals surface area contributed by atoms with Crippen LogP contribution in [0.4, 0.5) is 23.2 Å². The largest absolute Gasteiger partial charge is 0.491 e. The molecule has 0 bridgehead atoms. The van der Waals surface area contributed by atoms with E-state index in [0.717, 1.165) is 12.1 Å². The lowest BCUT2D eigenvalue weighted by atomic mass is 9.93. The van der Waals surface area contributed by atoms with Crippen molar-refractivity contribution in [2.75, 3.05) is 31.6 Å². The number of nitrogens with one attached hydrogen (secondary N) is 1. The second kappa shape index (κ2) is 9.01. The average molecular weight is 426 g/mol. The van der Waals surface area contributed by atoms with Crippen LogP contribution in [0.25, 0.3) is 0 Å². The van der Waals surface area contributed by atoms with E-state index in [-0.39, 0.29) is 25.4 Å². The summed E-state index contributed by atoms with van der Waals surface area (Å²) in [5.74, 6) is -0.445. The summed E-state index contributed by atoms with van der Waals surface area (Å²) in [7, 11) is 0. The Morgan fingerprint density at radius 1 is 1.20 bits per heavy atom. The van der Waals surface area contributed by atoms with Gasteiger partial charge < -0.3 is 15.2 Å². The van der Waals surface area contributed by atoms with E-state index in [9.17, 15) is 27.5 Å². The Labute approximate surface area is 171 Å². The molecular formula is C21H22F4N2O3. The molecule has 30 heavy (non-hydrogen) atoms. The molecule has 2 aromatic carbocycles. The number of carbonyl (C=O) groups excluding carboxylic acids is 1. The van der Waals surface area contributed by atoms with Crippen LogP contribution in [0.1, 0.15) is 18.4 Å². The first kappa shape index (κ1) is 22.0. The Morgan fingerprint density at radius 3 is 2.63 bits per heavy atom. The van der Waals surface area contributed by atoms with Crippen molar-refractivity contribution in [1.82, 2.24) is 4.90 Å². The SMILES string of the molecule is O=C(CN1CCCC(O)(COc2ccc(F)cc2)C1)Nc1cccc(C(F)(F)F)c1. The number of ether oxygens (including phenoxy) is 1. The number of nitrogens with zero attached hydrogens (tertiary/aromatic N) is 1. The Hall–Kier alpha value is -2.65. The first-order chi connectivity index (χ1) is 14.1. The number of anilines is 1. The number of β-amino-alcohol motifs (C(OH)–C–C–N with tert-alkyl or cyclic N) is 1. The predicted molar refractivity (Wildman–Crippen MR) is 103 cm³/mol. The molecule has 0 spiro atoms. The fraction of sp³-hybridized carbons (Fsp3) is 0.381. The third kappa shape index (κ3) is 6.17. The van der Waals surface area contributed by atoms with Gasteiger partial charge in [0.2, 0.25) is 5.91 Å². The van der Waals surface area contributed by atoms with Gasteiger partial charge in [-0.05, 0) is 61.9 Å². The highest BCUT2D eigenvalue weighted by atomic mass is 19.4. The lowest BCUT2D eigenvalue weighted by Crippen LogP contribution is -2.53. The van der Waals surface area contributed by atoms with Crippen molar-refractivity contribution in [2.45, 2.75) is 24.6 Å². The van der Waals surface area contributed by atoms with Crippen molar-refractivity contribution < 1.29 is 32.2 Å². The minimum atomic E-state index is -4.49. The number of piperidine rings is 1. The number of hydrogen-bond donors (Lipinski definition) is 2. The normalized spacial score (nSPS) is 20.0. The average Bonchev–Trinajstić information content (AvgIpc) is 2.67. The summed E-state index contributed by atoms with van der Waals surface area (Å²) in [5, 5.41) is 13.3. The molecule has 9 heteroatoms. The van der Waals surface area contributed by atoms with Gasteiger partial charge in [0.15, 0.2) is 0 Å². The lowest BCUT2D eigenvalue weighted by molar-refractivity contribution is -0.137. The predicted octanol–water partition coefficient (Wildman–Crippen LogP) is 3.69. The van der Waals surface area contributed by atoms with Crippen LogP contribution >= 0.6 is 0 Å². The van der Waals surface area contributed by atoms with Gasteiger partial charge in [-0.3, -0.25) is 9.69 Å². The van der Waals surface area contributed by atoms with Crippen LogP contribution in [-0.2, 0) is 11.0 Å². The minimum Gasteiger partial charge on any atom is -0.491 e. The number of amides is 1. The van der Waals surface area contributed by atoms with Gasteiger partial charge in [-0.2, -0.15) is 13.2 Å². The smallest absolute Gasteiger partial charge is 0.416 e. The molecule has 5 nitrogen and oxygen atoms in total. The zero-order chi connectivity index (χ0) is 21.8. The van der Waals surface area contributed by atoms with Gasteiger partial charge in [0.25, 0.3) is 0 Å². The topological polar surface area (TPSA) is 61.8 Å². The maximum absolute atomic E-state index is 13.0. The molecule has 1 atom stereocenters. The molecule has 0 aliphatic carbocycles. The number of hydrogen-bond acceptors (Lipinski definition) is 4. The fourth-order valence-electron chi connectivity index (χ4n) is 3.38. The van der Waals surface area contributed by atoms with Crippen molar-refractivity contribution in [3.63, 3.8) is 0 Å². The lowest BCUT2D eigenvalue weighted by Gasteiger charge is -2.38. The van der Waals surface area contributed by atoms with E-state index in [1.165, 1.54) is 36.4 Å². The molecule has 1 unspecified atom stereocenters. The monoisotopic (exact) mass is 426 g/mol. The molecule has 1 heterocycles. The highest BCUT2D eigenvalue weighted by molar-refractivity contribution is 5.92. The summed E-state index contributed by atoms with van der Waals surface area (Å²) in [6.07, 6.45) is -3.39. The van der Waals surface area contributed by atoms with Gasteiger partial charge in [-0.15, -0.1) is 0 Å². The van der Waals surface area contributed by atoms with Crippen molar-refractivity contribution in [1.29, 1.82) is 0 Å². The molecule has 2 N–H and O–H groups in total. The molecule has 0 saturated carbocycles. The van der Waals surface area contributed by atoms with E-state index in [0.29, 0.717) is 25.1 Å². The highest BCUT2D eigenvalue weighted by Gasteiger charge is 2.35. The maximum Gasteiger partial charge on any atom is 0.416 e. The van der Waals surface area contributed by atoms with Crippen LogP contribution in [0.15, 0.2) is 48.5 Å². The third-order valence-corrected chi connectivity index (χ3v) is 4.80. The van der Waals surface area contributed by atoms with E-state index in [1.54, 1.807) is 4.90 Å². The van der Waals surface area contributed by atoms with Crippen LogP contribution < -0.4 is 10.1 Å². The molecular weight excluding hydrogens is 404 g/mol. The summed E-state index contributed by atoms with van der Waals surface area (Å²) in [4.78, 5) is 14.0. The van der Waals surface area contributed by atoms with Crippen molar-refractivity contribution in [3.05, 3.63) is 59.9 Å². The zero-order valence-corrected chi connectivity index (χ0v) is 16.1. The number of alkyl halides is 3. The molecule has 1 saturated heterocycles. The van der Waals surface area contributed by atoms with Gasteiger partial charge in [0.1, 0.15) is 23.8 Å². The minimum absolute atomic E-state index is 0.0234. The van der Waals surface area contributed by atoms with Crippen LogP contribution in [0.2, 0.25) is 0 Å². The van der Waals surface area contributed by atoms with Gasteiger partial charge >= 0.3 is 6.18 Å². The van der Waals surface area contributed by atoms with Crippen LogP contribution in [-0.4, -0.2) is 47.8 Å². The molecule has 1 amide bonds. The quantitative estimate of drug-likeness (QED) is 0.692. The summed E-state index contributed by atoms with van der Waals surface area (Å²) in [6, 6.07) is 9.85. The van der Waals surface area contributed by atoms with Crippen molar-refractivity contribution >= 4 is 11.6 Å². The van der Waals surface area contributed by atoms with Crippen LogP contribution in [0.3, 0.4) is 0 Å². The molecule has 162 valence electrons. The molecule has 0 radical (unpaired) electrons. The Bertz CT molecular complexity index is 873. The van der Waals surface area contributed by atoms with E-state index in [4.69, 9.17) is 4.74 Å². The highest BCUT2D eigenvalue weighted by Crippen LogP contribution is 2.30. The summed E-state index contributed by atoms with van der Waals surface area (Å²) in [6.45, 7) is 0.637. The number of halogens is 4. The number of aliphatic hydroxyl groups is 1. The molecule has 1 aliphatic heterocycles. The molecule has 3 rings (SSSR count). The van der Waals surface area contributed by atoms with Crippen molar-refractivity contribution in [2.24, 2.45) is 0 Å². The number of carbonyl (C=O) groups is 1. The van der Waals surface area contributed by atoms with Crippen LogP contribution in [0.5, 0.6) is 5.75 Å². The Morgan fingerprint density at radius 2 is 1.93 bits per heavy atom. The van der Waals surface area contributed by atoms with E-state index < -0.39 is 29.1 Å². The van der Waals surface area contributed by atoms with Gasteiger partial charge in [-0.1, -0.05) is 6.07 Å². The molecule has 1 fully saturated rings. The third-order valence-electron chi connectivity index (χ3n) is 4.80. The van der Waals surface area contributed by atoms with E-state index >= 15 is 0 Å². The van der Waals surface area contributed by atoms with Crippen molar-refractivity contribution in [3.8, 4) is 5.75 Å². The van der Waals surface area contributed by atoms with Gasteiger partial charge in [-0.25, -0.2) is 4.39 Å². The van der Waals surface area contributed by atoms with Gasteiger partial charge in [0.05, 0.1) is 12.1 Å². The standard InChI is InChI=1S/C21H22F4N2O3/c22-16-5-7-18(8-6-16)30-14-20(29)9-2-10-27(13-20)12-19(28)26-17-4-1-3-15(11-17)21(23,24)25/h1,3-8,11,29H,2,9-10,12-14H2,(H,26,28). The fourth-order valence-corrected chi connectivity index (χ4v) is 3.38. The maximum atomic E-state index is 13.0. The first-order valence-electron chi connectivity index (χ1n) is 9.43. The zero-order valence-electron chi connectivity index (χ0n) is 16.1. The summed E-state index contributed by atoms with van der Waals surface area (Å²) < 4.78 is 56.9. The molecule has 2 aromatic rings. The number of likely N-dealkylation sites (tertiary alicyclic amines) is 1. The van der Waals surface area contributed by atoms with Gasteiger partial charge in [0, 0.05) is 12.2 Å². The van der Waals surface area contributed by atoms with E-state index in [2.05, 4.69) is 5.32 Å². The Kier molecular flexibility index (Phi) is 6.62. The Balaban J connectivity index is 1.53. The second-order valence-electron chi connectivity index (χ2n) is 7.41. The number of benzene rings is 2. The molecule has 1 aliphatic rings. The summed E-state index contributed by atoms with van der Waals surface area (Å²) in [5.41, 5.74) is -1.98. The second-order valence-corrected chi connectivity index (χ2v) is 7.41. The molecule has 0 aromatic heterocycles. The summed E-state index contributed by atoms with van der Waals surface area (Å²) >= 11 is 0. The van der Waals surface area contributed by atoms with E-state index in [1.807, 2.05) is 0 Å².